The third-order valence-electron chi connectivity index (χ3n) is 5.26. The van der Waals surface area contributed by atoms with E-state index in [2.05, 4.69) is 15.5 Å². The molecule has 0 aliphatic carbocycles. The molecule has 156 valence electrons. The second-order valence-corrected chi connectivity index (χ2v) is 7.49. The van der Waals surface area contributed by atoms with Gasteiger partial charge in [0.25, 0.3) is 0 Å². The highest BCUT2D eigenvalue weighted by atomic mass is 16.5. The number of carbonyl (C=O) groups excluding carboxylic acids is 1. The van der Waals surface area contributed by atoms with E-state index < -0.39 is 0 Å². The fourth-order valence-electron chi connectivity index (χ4n) is 3.56. The molecule has 0 atom stereocenters. The SMILES string of the molecule is COc1cc(CNc2ccc(CC(=O)NCCN3CCCCC3)cc2)ccc1O. The van der Waals surface area contributed by atoms with E-state index in [1.807, 2.05) is 36.4 Å². The molecule has 2 aromatic carbocycles. The average molecular weight is 398 g/mol. The van der Waals surface area contributed by atoms with Crippen LogP contribution < -0.4 is 15.4 Å². The Kier molecular flexibility index (Phi) is 7.76. The lowest BCUT2D eigenvalue weighted by Crippen LogP contribution is -2.38. The molecule has 6 heteroatoms. The molecule has 6 nitrogen and oxygen atoms in total. The summed E-state index contributed by atoms with van der Waals surface area (Å²) in [6, 6.07) is 13.2. The minimum absolute atomic E-state index is 0.0684. The van der Waals surface area contributed by atoms with Crippen molar-refractivity contribution in [1.82, 2.24) is 10.2 Å². The molecule has 0 bridgehead atoms. The molecule has 1 aliphatic heterocycles. The molecule has 1 aliphatic rings. The van der Waals surface area contributed by atoms with Gasteiger partial charge in [-0.3, -0.25) is 4.79 Å². The number of amides is 1. The molecule has 1 amide bonds. The van der Waals surface area contributed by atoms with Gasteiger partial charge < -0.3 is 25.4 Å². The van der Waals surface area contributed by atoms with Crippen molar-refractivity contribution < 1.29 is 14.6 Å². The van der Waals surface area contributed by atoms with Gasteiger partial charge in [-0.15, -0.1) is 0 Å². The fraction of sp³-hybridized carbons (Fsp3) is 0.435. The molecule has 0 saturated carbocycles. The van der Waals surface area contributed by atoms with Crippen LogP contribution in [0.1, 0.15) is 30.4 Å². The number of anilines is 1. The van der Waals surface area contributed by atoms with Crippen molar-refractivity contribution in [1.29, 1.82) is 0 Å². The lowest BCUT2D eigenvalue weighted by molar-refractivity contribution is -0.120. The summed E-state index contributed by atoms with van der Waals surface area (Å²) in [7, 11) is 1.54. The number of hydrogen-bond donors (Lipinski definition) is 3. The summed E-state index contributed by atoms with van der Waals surface area (Å²) in [5.74, 6) is 0.666. The van der Waals surface area contributed by atoms with Gasteiger partial charge in [-0.2, -0.15) is 0 Å². The third-order valence-corrected chi connectivity index (χ3v) is 5.26. The van der Waals surface area contributed by atoms with Gasteiger partial charge in [0.1, 0.15) is 0 Å². The highest BCUT2D eigenvalue weighted by molar-refractivity contribution is 5.78. The standard InChI is InChI=1S/C23H31N3O3/c1-29-22-15-19(7-10-21(22)27)17-25-20-8-5-18(6-9-20)16-23(28)24-11-14-26-12-3-2-4-13-26/h5-10,15,25,27H,2-4,11-14,16-17H2,1H3,(H,24,28). The number of hydrogen-bond acceptors (Lipinski definition) is 5. The molecular formula is C23H31N3O3. The zero-order valence-electron chi connectivity index (χ0n) is 17.1. The Morgan fingerprint density at radius 3 is 2.52 bits per heavy atom. The second-order valence-electron chi connectivity index (χ2n) is 7.49. The predicted molar refractivity (Wildman–Crippen MR) is 115 cm³/mol. The average Bonchev–Trinajstić information content (AvgIpc) is 2.75. The van der Waals surface area contributed by atoms with Crippen molar-refractivity contribution in [3.63, 3.8) is 0 Å². The summed E-state index contributed by atoms with van der Waals surface area (Å²) in [6.07, 6.45) is 4.27. The van der Waals surface area contributed by atoms with Crippen molar-refractivity contribution in [2.45, 2.75) is 32.2 Å². The molecule has 1 heterocycles. The molecular weight excluding hydrogens is 366 g/mol. The van der Waals surface area contributed by atoms with E-state index in [0.717, 1.165) is 36.4 Å². The van der Waals surface area contributed by atoms with Gasteiger partial charge in [0.05, 0.1) is 13.5 Å². The van der Waals surface area contributed by atoms with E-state index in [1.165, 1.54) is 26.4 Å². The van der Waals surface area contributed by atoms with Gasteiger partial charge in [0.2, 0.25) is 5.91 Å². The molecule has 0 spiro atoms. The summed E-state index contributed by atoms with van der Waals surface area (Å²) in [5, 5.41) is 16.0. The number of nitrogens with zero attached hydrogens (tertiary/aromatic N) is 1. The molecule has 0 radical (unpaired) electrons. The van der Waals surface area contributed by atoms with Crippen LogP contribution in [0.4, 0.5) is 5.69 Å². The Balaban J connectivity index is 1.40. The zero-order valence-corrected chi connectivity index (χ0v) is 17.1. The van der Waals surface area contributed by atoms with Gasteiger partial charge in [0, 0.05) is 25.3 Å². The van der Waals surface area contributed by atoms with Crippen LogP contribution in [0.25, 0.3) is 0 Å². The van der Waals surface area contributed by atoms with Crippen molar-refractivity contribution >= 4 is 11.6 Å². The Morgan fingerprint density at radius 1 is 1.07 bits per heavy atom. The van der Waals surface area contributed by atoms with E-state index in [1.54, 1.807) is 6.07 Å². The lowest BCUT2D eigenvalue weighted by atomic mass is 10.1. The zero-order chi connectivity index (χ0) is 20.5. The number of methoxy groups -OCH3 is 1. The largest absolute Gasteiger partial charge is 0.504 e. The van der Waals surface area contributed by atoms with Crippen LogP contribution in [0.5, 0.6) is 11.5 Å². The first-order chi connectivity index (χ1) is 14.1. The lowest BCUT2D eigenvalue weighted by Gasteiger charge is -2.26. The summed E-state index contributed by atoms with van der Waals surface area (Å²) in [5.41, 5.74) is 2.99. The monoisotopic (exact) mass is 397 g/mol. The van der Waals surface area contributed by atoms with E-state index in [9.17, 15) is 9.90 Å². The van der Waals surface area contributed by atoms with Crippen LogP contribution in [-0.4, -0.2) is 49.2 Å². The molecule has 3 N–H and O–H groups in total. The van der Waals surface area contributed by atoms with Gasteiger partial charge in [-0.25, -0.2) is 0 Å². The van der Waals surface area contributed by atoms with E-state index >= 15 is 0 Å². The minimum Gasteiger partial charge on any atom is -0.504 e. The number of phenols is 1. The molecule has 0 unspecified atom stereocenters. The number of likely N-dealkylation sites (tertiary alicyclic amines) is 1. The number of phenolic OH excluding ortho intramolecular Hbond substituents is 1. The van der Waals surface area contributed by atoms with Crippen LogP contribution in [0.15, 0.2) is 42.5 Å². The minimum atomic E-state index is 0.0684. The van der Waals surface area contributed by atoms with Crippen LogP contribution in [0.3, 0.4) is 0 Å². The van der Waals surface area contributed by atoms with Crippen molar-refractivity contribution in [2.75, 3.05) is 38.6 Å². The van der Waals surface area contributed by atoms with Crippen molar-refractivity contribution in [3.8, 4) is 11.5 Å². The van der Waals surface area contributed by atoms with Crippen LogP contribution in [0, 0.1) is 0 Å². The predicted octanol–water partition coefficient (Wildman–Crippen LogP) is 3.16. The maximum atomic E-state index is 12.2. The Bertz CT molecular complexity index is 786. The number of piperidine rings is 1. The number of rotatable bonds is 9. The van der Waals surface area contributed by atoms with Gasteiger partial charge in [-0.05, 0) is 61.3 Å². The van der Waals surface area contributed by atoms with Gasteiger partial charge >= 0.3 is 0 Å². The smallest absolute Gasteiger partial charge is 0.224 e. The Hall–Kier alpha value is -2.73. The second kappa shape index (κ2) is 10.7. The maximum Gasteiger partial charge on any atom is 0.224 e. The van der Waals surface area contributed by atoms with Crippen LogP contribution in [0.2, 0.25) is 0 Å². The number of ether oxygens (including phenoxy) is 1. The molecule has 1 fully saturated rings. The number of aromatic hydroxyl groups is 1. The quantitative estimate of drug-likeness (QED) is 0.606. The summed E-state index contributed by atoms with van der Waals surface area (Å²) in [6.45, 7) is 4.58. The van der Waals surface area contributed by atoms with Crippen LogP contribution in [-0.2, 0) is 17.8 Å². The van der Waals surface area contributed by atoms with Crippen molar-refractivity contribution in [3.05, 3.63) is 53.6 Å². The first kappa shape index (κ1) is 21.0. The number of nitrogens with one attached hydrogen (secondary N) is 2. The van der Waals surface area contributed by atoms with E-state index in [4.69, 9.17) is 4.74 Å². The number of benzene rings is 2. The normalized spacial score (nSPS) is 14.4. The molecule has 1 saturated heterocycles. The van der Waals surface area contributed by atoms with Crippen molar-refractivity contribution in [2.24, 2.45) is 0 Å². The first-order valence-corrected chi connectivity index (χ1v) is 10.3. The maximum absolute atomic E-state index is 12.2. The van der Waals surface area contributed by atoms with Crippen LogP contribution >= 0.6 is 0 Å². The Labute approximate surface area is 172 Å². The highest BCUT2D eigenvalue weighted by Gasteiger charge is 2.10. The highest BCUT2D eigenvalue weighted by Crippen LogP contribution is 2.26. The first-order valence-electron chi connectivity index (χ1n) is 10.3. The fourth-order valence-corrected chi connectivity index (χ4v) is 3.56. The summed E-state index contributed by atoms with van der Waals surface area (Å²) < 4.78 is 5.13. The molecule has 29 heavy (non-hydrogen) atoms. The molecule has 0 aromatic heterocycles. The number of carbonyl (C=O) groups is 1. The molecule has 3 rings (SSSR count). The summed E-state index contributed by atoms with van der Waals surface area (Å²) in [4.78, 5) is 14.6. The van der Waals surface area contributed by atoms with E-state index in [-0.39, 0.29) is 11.7 Å². The van der Waals surface area contributed by atoms with Gasteiger partial charge in [-0.1, -0.05) is 24.6 Å². The summed E-state index contributed by atoms with van der Waals surface area (Å²) >= 11 is 0. The third kappa shape index (κ3) is 6.68. The van der Waals surface area contributed by atoms with Gasteiger partial charge in [0.15, 0.2) is 11.5 Å². The van der Waals surface area contributed by atoms with E-state index in [0.29, 0.717) is 25.3 Å². The molecule has 2 aromatic rings. The topological polar surface area (TPSA) is 73.8 Å². The Morgan fingerprint density at radius 2 is 1.79 bits per heavy atom.